The van der Waals surface area contributed by atoms with E-state index in [1.165, 1.54) is 18.3 Å². The summed E-state index contributed by atoms with van der Waals surface area (Å²) in [4.78, 5) is 29.5. The van der Waals surface area contributed by atoms with Gasteiger partial charge in [0.25, 0.3) is 5.91 Å². The smallest absolute Gasteiger partial charge is 0.268 e. The Balaban J connectivity index is 1.28. The average molecular weight is 489 g/mol. The summed E-state index contributed by atoms with van der Waals surface area (Å²) in [7, 11) is 0. The maximum Gasteiger partial charge on any atom is 0.268 e. The highest BCUT2D eigenvalue weighted by Gasteiger charge is 2.27. The molecule has 2 heterocycles. The lowest BCUT2D eigenvalue weighted by Gasteiger charge is -2.28. The lowest BCUT2D eigenvalue weighted by Crippen LogP contribution is -2.34. The minimum Gasteiger partial charge on any atom is -0.350 e. The molecule has 0 radical (unpaired) electrons. The second kappa shape index (κ2) is 10.4. The van der Waals surface area contributed by atoms with Crippen molar-refractivity contribution in [2.45, 2.75) is 25.7 Å². The number of halogens is 3. The standard InChI is InChI=1S/C24H23Cl2FN4O2/c25-17-12-20(26)22(28-14-17)31-11-1-2-21(31)24(33)29-13-15-3-5-16(6-4-15)23(32)30-19-9-7-18(27)8-10-19/h1-2,7-12,14-16H,3-6,13H2,(H,29,33)(H,30,32). The fourth-order valence-electron chi connectivity index (χ4n) is 4.07. The Bertz CT molecular complexity index is 1140. The number of hydrogen-bond donors (Lipinski definition) is 2. The van der Waals surface area contributed by atoms with Gasteiger partial charge < -0.3 is 10.6 Å². The van der Waals surface area contributed by atoms with Crippen molar-refractivity contribution in [3.63, 3.8) is 0 Å². The van der Waals surface area contributed by atoms with Crippen LogP contribution in [0.15, 0.2) is 54.9 Å². The Kier molecular flexibility index (Phi) is 7.30. The molecule has 1 fully saturated rings. The summed E-state index contributed by atoms with van der Waals surface area (Å²) in [6, 6.07) is 10.8. The van der Waals surface area contributed by atoms with Crippen LogP contribution in [0.1, 0.15) is 36.2 Å². The third-order valence-electron chi connectivity index (χ3n) is 5.88. The SMILES string of the molecule is O=C(NCC1CCC(C(=O)Nc2ccc(F)cc2)CC1)c1cccn1-c1ncc(Cl)cc1Cl. The Labute approximate surface area is 201 Å². The molecule has 1 saturated carbocycles. The van der Waals surface area contributed by atoms with Crippen LogP contribution in [0.2, 0.25) is 10.0 Å². The average Bonchev–Trinajstić information content (AvgIpc) is 3.29. The summed E-state index contributed by atoms with van der Waals surface area (Å²) in [5.41, 5.74) is 1.02. The third kappa shape index (κ3) is 5.72. The van der Waals surface area contributed by atoms with Gasteiger partial charge in [-0.3, -0.25) is 14.2 Å². The second-order valence-electron chi connectivity index (χ2n) is 8.15. The lowest BCUT2D eigenvalue weighted by molar-refractivity contribution is -0.121. The van der Waals surface area contributed by atoms with Gasteiger partial charge in [0.1, 0.15) is 11.5 Å². The number of rotatable bonds is 6. The van der Waals surface area contributed by atoms with Gasteiger partial charge in [-0.1, -0.05) is 23.2 Å². The van der Waals surface area contributed by atoms with E-state index in [1.807, 2.05) is 0 Å². The van der Waals surface area contributed by atoms with Crippen LogP contribution in [0.4, 0.5) is 10.1 Å². The van der Waals surface area contributed by atoms with Crippen molar-refractivity contribution in [2.24, 2.45) is 11.8 Å². The molecule has 0 atom stereocenters. The summed E-state index contributed by atoms with van der Waals surface area (Å²) >= 11 is 12.2. The topological polar surface area (TPSA) is 76.0 Å². The molecule has 0 bridgehead atoms. The molecule has 172 valence electrons. The number of carbonyl (C=O) groups excluding carboxylic acids is 2. The van der Waals surface area contributed by atoms with Gasteiger partial charge in [0, 0.05) is 30.5 Å². The van der Waals surface area contributed by atoms with Crippen LogP contribution in [0, 0.1) is 17.7 Å². The van der Waals surface area contributed by atoms with Crippen LogP contribution in [0.25, 0.3) is 5.82 Å². The number of benzene rings is 1. The maximum atomic E-state index is 13.0. The number of nitrogens with zero attached hydrogens (tertiary/aromatic N) is 2. The normalized spacial score (nSPS) is 18.0. The number of carbonyl (C=O) groups is 2. The Morgan fingerprint density at radius 2 is 1.82 bits per heavy atom. The fraction of sp³-hybridized carbons (Fsp3) is 0.292. The third-order valence-corrected chi connectivity index (χ3v) is 6.36. The highest BCUT2D eigenvalue weighted by Crippen LogP contribution is 2.29. The second-order valence-corrected chi connectivity index (χ2v) is 8.99. The van der Waals surface area contributed by atoms with Crippen molar-refractivity contribution in [1.29, 1.82) is 0 Å². The maximum absolute atomic E-state index is 13.0. The van der Waals surface area contributed by atoms with Crippen LogP contribution in [-0.4, -0.2) is 27.9 Å². The van der Waals surface area contributed by atoms with E-state index in [1.54, 1.807) is 41.1 Å². The van der Waals surface area contributed by atoms with E-state index in [9.17, 15) is 14.0 Å². The molecule has 1 aromatic carbocycles. The van der Waals surface area contributed by atoms with E-state index in [-0.39, 0.29) is 23.5 Å². The number of hydrogen-bond acceptors (Lipinski definition) is 3. The minimum atomic E-state index is -0.338. The first-order valence-corrected chi connectivity index (χ1v) is 11.5. The van der Waals surface area contributed by atoms with Crippen molar-refractivity contribution >= 4 is 40.7 Å². The molecular formula is C24H23Cl2FN4O2. The van der Waals surface area contributed by atoms with Gasteiger partial charge in [-0.2, -0.15) is 0 Å². The molecule has 9 heteroatoms. The van der Waals surface area contributed by atoms with Gasteiger partial charge in [-0.25, -0.2) is 9.37 Å². The lowest BCUT2D eigenvalue weighted by atomic mass is 9.81. The quantitative estimate of drug-likeness (QED) is 0.481. The predicted molar refractivity (Wildman–Crippen MR) is 126 cm³/mol. The zero-order valence-corrected chi connectivity index (χ0v) is 19.2. The monoisotopic (exact) mass is 488 g/mol. The number of aromatic nitrogens is 2. The zero-order valence-electron chi connectivity index (χ0n) is 17.7. The van der Waals surface area contributed by atoms with Crippen molar-refractivity contribution < 1.29 is 14.0 Å². The number of amides is 2. The Morgan fingerprint density at radius 1 is 1.09 bits per heavy atom. The molecule has 1 aliphatic rings. The number of pyridine rings is 1. The molecule has 1 aliphatic carbocycles. The zero-order chi connectivity index (χ0) is 23.4. The van der Waals surface area contributed by atoms with E-state index in [0.29, 0.717) is 39.7 Å². The minimum absolute atomic E-state index is 0.0470. The molecule has 0 saturated heterocycles. The molecule has 33 heavy (non-hydrogen) atoms. The number of anilines is 1. The summed E-state index contributed by atoms with van der Waals surface area (Å²) in [5, 5.41) is 6.61. The Morgan fingerprint density at radius 3 is 2.52 bits per heavy atom. The van der Waals surface area contributed by atoms with Gasteiger partial charge in [-0.05, 0) is 74.1 Å². The van der Waals surface area contributed by atoms with Gasteiger partial charge in [0.15, 0.2) is 5.82 Å². The summed E-state index contributed by atoms with van der Waals surface area (Å²) in [5.74, 6) is 0.0411. The van der Waals surface area contributed by atoms with Crippen LogP contribution in [-0.2, 0) is 4.79 Å². The highest BCUT2D eigenvalue weighted by atomic mass is 35.5. The molecular weight excluding hydrogens is 466 g/mol. The van der Waals surface area contributed by atoms with E-state index < -0.39 is 0 Å². The molecule has 2 aromatic heterocycles. The van der Waals surface area contributed by atoms with Crippen molar-refractivity contribution in [3.05, 3.63) is 76.4 Å². The number of nitrogens with one attached hydrogen (secondary N) is 2. The molecule has 2 amide bonds. The first kappa shape index (κ1) is 23.3. The van der Waals surface area contributed by atoms with Crippen LogP contribution in [0.5, 0.6) is 0 Å². The van der Waals surface area contributed by atoms with Crippen LogP contribution in [0.3, 0.4) is 0 Å². The predicted octanol–water partition coefficient (Wildman–Crippen LogP) is 5.49. The van der Waals surface area contributed by atoms with Gasteiger partial charge >= 0.3 is 0 Å². The van der Waals surface area contributed by atoms with Crippen LogP contribution >= 0.6 is 23.2 Å². The van der Waals surface area contributed by atoms with E-state index in [4.69, 9.17) is 23.2 Å². The summed E-state index contributed by atoms with van der Waals surface area (Å²) in [6.07, 6.45) is 6.38. The summed E-state index contributed by atoms with van der Waals surface area (Å²) < 4.78 is 14.7. The fourth-order valence-corrected chi connectivity index (χ4v) is 4.54. The van der Waals surface area contributed by atoms with E-state index in [2.05, 4.69) is 15.6 Å². The first-order chi connectivity index (χ1) is 15.9. The molecule has 2 N–H and O–H groups in total. The first-order valence-electron chi connectivity index (χ1n) is 10.7. The molecule has 3 aromatic rings. The van der Waals surface area contributed by atoms with Crippen molar-refractivity contribution in [1.82, 2.24) is 14.9 Å². The van der Waals surface area contributed by atoms with Crippen molar-refractivity contribution in [2.75, 3.05) is 11.9 Å². The van der Waals surface area contributed by atoms with Gasteiger partial charge in [0.05, 0.1) is 10.0 Å². The van der Waals surface area contributed by atoms with E-state index in [0.717, 1.165) is 25.7 Å². The molecule has 0 unspecified atom stereocenters. The van der Waals surface area contributed by atoms with Gasteiger partial charge in [-0.15, -0.1) is 0 Å². The Hall–Kier alpha value is -2.90. The van der Waals surface area contributed by atoms with Crippen LogP contribution < -0.4 is 10.6 Å². The van der Waals surface area contributed by atoms with E-state index >= 15 is 0 Å². The van der Waals surface area contributed by atoms with Gasteiger partial charge in [0.2, 0.25) is 5.91 Å². The molecule has 0 spiro atoms. The highest BCUT2D eigenvalue weighted by molar-refractivity contribution is 6.35. The van der Waals surface area contributed by atoms with Crippen molar-refractivity contribution in [3.8, 4) is 5.82 Å². The molecule has 6 nitrogen and oxygen atoms in total. The largest absolute Gasteiger partial charge is 0.350 e. The summed E-state index contributed by atoms with van der Waals surface area (Å²) in [6.45, 7) is 0.526. The molecule has 0 aliphatic heterocycles. The molecule has 4 rings (SSSR count).